The van der Waals surface area contributed by atoms with E-state index < -0.39 is 5.60 Å². The van der Waals surface area contributed by atoms with Crippen LogP contribution in [0.4, 0.5) is 0 Å². The van der Waals surface area contributed by atoms with Crippen LogP contribution in [0.3, 0.4) is 0 Å². The van der Waals surface area contributed by atoms with Crippen LogP contribution in [0.5, 0.6) is 0 Å². The van der Waals surface area contributed by atoms with Crippen LogP contribution in [0.25, 0.3) is 0 Å². The second-order valence-corrected chi connectivity index (χ2v) is 3.93. The number of ketones is 1. The van der Waals surface area contributed by atoms with Crippen molar-refractivity contribution in [1.82, 2.24) is 0 Å². The summed E-state index contributed by atoms with van der Waals surface area (Å²) in [6, 6.07) is 0. The molecule has 0 aromatic carbocycles. The topological polar surface area (TPSA) is 37.3 Å². The maximum absolute atomic E-state index is 11.7. The Morgan fingerprint density at radius 3 is 2.77 bits per heavy atom. The summed E-state index contributed by atoms with van der Waals surface area (Å²) < 4.78 is 0. The maximum Gasteiger partial charge on any atom is 0.189 e. The molecule has 1 atom stereocenters. The third kappa shape index (κ3) is 2.41. The van der Waals surface area contributed by atoms with Gasteiger partial charge in [-0.1, -0.05) is 13.0 Å². The summed E-state index contributed by atoms with van der Waals surface area (Å²) >= 11 is 0. The molecule has 1 unspecified atom stereocenters. The Balaban J connectivity index is 2.71. The highest BCUT2D eigenvalue weighted by atomic mass is 16.3. The van der Waals surface area contributed by atoms with E-state index in [0.717, 1.165) is 24.8 Å². The normalized spacial score (nSPS) is 21.9. The lowest BCUT2D eigenvalue weighted by atomic mass is 9.87. The third-order valence-electron chi connectivity index (χ3n) is 2.76. The van der Waals surface area contributed by atoms with E-state index >= 15 is 0 Å². The van der Waals surface area contributed by atoms with E-state index in [0.29, 0.717) is 6.42 Å². The van der Waals surface area contributed by atoms with E-state index in [9.17, 15) is 9.90 Å². The minimum Gasteiger partial charge on any atom is -0.382 e. The highest BCUT2D eigenvalue weighted by Gasteiger charge is 2.30. The van der Waals surface area contributed by atoms with Crippen molar-refractivity contribution in [2.45, 2.75) is 51.6 Å². The van der Waals surface area contributed by atoms with Crippen LogP contribution < -0.4 is 0 Å². The molecule has 0 saturated heterocycles. The van der Waals surface area contributed by atoms with Gasteiger partial charge in [0.1, 0.15) is 5.60 Å². The molecule has 0 spiro atoms. The van der Waals surface area contributed by atoms with Crippen molar-refractivity contribution in [1.29, 1.82) is 0 Å². The fourth-order valence-corrected chi connectivity index (χ4v) is 1.55. The molecule has 1 aliphatic carbocycles. The monoisotopic (exact) mass is 182 g/mol. The molecule has 0 amide bonds. The molecule has 1 aliphatic rings. The van der Waals surface area contributed by atoms with Gasteiger partial charge in [-0.05, 0) is 44.6 Å². The molecule has 74 valence electrons. The van der Waals surface area contributed by atoms with Crippen LogP contribution in [0, 0.1) is 0 Å². The largest absolute Gasteiger partial charge is 0.382 e. The molecule has 1 N–H and O–H groups in total. The zero-order valence-corrected chi connectivity index (χ0v) is 8.47. The van der Waals surface area contributed by atoms with Crippen molar-refractivity contribution >= 4 is 5.78 Å². The smallest absolute Gasteiger partial charge is 0.189 e. The number of hydrogen-bond donors (Lipinski definition) is 1. The molecule has 0 fully saturated rings. The first-order valence-corrected chi connectivity index (χ1v) is 5.04. The average molecular weight is 182 g/mol. The number of rotatable bonds is 3. The van der Waals surface area contributed by atoms with Crippen molar-refractivity contribution in [2.75, 3.05) is 0 Å². The minimum absolute atomic E-state index is 0.0744. The van der Waals surface area contributed by atoms with Gasteiger partial charge >= 0.3 is 0 Å². The van der Waals surface area contributed by atoms with Crippen LogP contribution in [0.2, 0.25) is 0 Å². The first-order valence-electron chi connectivity index (χ1n) is 5.04. The fourth-order valence-electron chi connectivity index (χ4n) is 1.55. The van der Waals surface area contributed by atoms with Crippen LogP contribution in [-0.4, -0.2) is 16.5 Å². The second kappa shape index (κ2) is 4.05. The zero-order chi connectivity index (χ0) is 9.90. The van der Waals surface area contributed by atoms with Gasteiger partial charge in [0, 0.05) is 0 Å². The summed E-state index contributed by atoms with van der Waals surface area (Å²) in [6.45, 7) is 3.44. The first kappa shape index (κ1) is 10.5. The standard InChI is InChI=1S/C11H18O2/c1-3-11(2,13)10(12)9-7-5-4-6-8-9/h7,13H,3-6,8H2,1-2H3. The summed E-state index contributed by atoms with van der Waals surface area (Å²) in [6.07, 6.45) is 6.55. The lowest BCUT2D eigenvalue weighted by Crippen LogP contribution is -2.35. The van der Waals surface area contributed by atoms with E-state index in [-0.39, 0.29) is 5.78 Å². The number of carbonyl (C=O) groups is 1. The SMILES string of the molecule is CCC(C)(O)C(=O)C1=CCCCC1. The Bertz CT molecular complexity index is 226. The summed E-state index contributed by atoms with van der Waals surface area (Å²) in [4.78, 5) is 11.7. The number of carbonyl (C=O) groups excluding carboxylic acids is 1. The average Bonchev–Trinajstić information content (AvgIpc) is 2.18. The Morgan fingerprint density at radius 2 is 2.31 bits per heavy atom. The molecule has 0 aromatic heterocycles. The van der Waals surface area contributed by atoms with Crippen LogP contribution in [0.1, 0.15) is 46.0 Å². The summed E-state index contributed by atoms with van der Waals surface area (Å²) in [5.74, 6) is -0.0744. The molecular weight excluding hydrogens is 164 g/mol. The zero-order valence-electron chi connectivity index (χ0n) is 8.47. The minimum atomic E-state index is -1.15. The summed E-state index contributed by atoms with van der Waals surface area (Å²) in [5.41, 5.74) is -0.318. The molecule has 0 aliphatic heterocycles. The van der Waals surface area contributed by atoms with Gasteiger partial charge in [-0.2, -0.15) is 0 Å². The number of aliphatic hydroxyl groups is 1. The van der Waals surface area contributed by atoms with Crippen molar-refractivity contribution in [3.8, 4) is 0 Å². The maximum atomic E-state index is 11.7. The van der Waals surface area contributed by atoms with Gasteiger partial charge < -0.3 is 5.11 Å². The summed E-state index contributed by atoms with van der Waals surface area (Å²) in [5, 5.41) is 9.75. The molecule has 13 heavy (non-hydrogen) atoms. The lowest BCUT2D eigenvalue weighted by Gasteiger charge is -2.22. The highest BCUT2D eigenvalue weighted by Crippen LogP contribution is 2.24. The summed E-state index contributed by atoms with van der Waals surface area (Å²) in [7, 11) is 0. The Kier molecular flexibility index (Phi) is 3.26. The fraction of sp³-hybridized carbons (Fsp3) is 0.727. The molecule has 2 nitrogen and oxygen atoms in total. The van der Waals surface area contributed by atoms with E-state index in [1.165, 1.54) is 6.42 Å². The van der Waals surface area contributed by atoms with E-state index in [4.69, 9.17) is 0 Å². The van der Waals surface area contributed by atoms with E-state index in [1.54, 1.807) is 6.92 Å². The Hall–Kier alpha value is -0.630. The van der Waals surface area contributed by atoms with Crippen molar-refractivity contribution in [3.05, 3.63) is 11.6 Å². The predicted molar refractivity (Wildman–Crippen MR) is 52.5 cm³/mol. The highest BCUT2D eigenvalue weighted by molar-refractivity contribution is 6.01. The third-order valence-corrected chi connectivity index (χ3v) is 2.76. The van der Waals surface area contributed by atoms with Gasteiger partial charge in [0.25, 0.3) is 0 Å². The van der Waals surface area contributed by atoms with Crippen molar-refractivity contribution in [2.24, 2.45) is 0 Å². The van der Waals surface area contributed by atoms with Crippen LogP contribution in [-0.2, 0) is 4.79 Å². The van der Waals surface area contributed by atoms with Gasteiger partial charge in [0.15, 0.2) is 5.78 Å². The molecule has 2 heteroatoms. The predicted octanol–water partition coefficient (Wildman–Crippen LogP) is 2.22. The van der Waals surface area contributed by atoms with Crippen LogP contribution in [0.15, 0.2) is 11.6 Å². The van der Waals surface area contributed by atoms with E-state index in [1.807, 2.05) is 13.0 Å². The van der Waals surface area contributed by atoms with Gasteiger partial charge in [-0.3, -0.25) is 4.79 Å². The Morgan fingerprint density at radius 1 is 1.62 bits per heavy atom. The molecule has 0 radical (unpaired) electrons. The Labute approximate surface area is 79.6 Å². The molecule has 0 heterocycles. The van der Waals surface area contributed by atoms with Crippen LogP contribution >= 0.6 is 0 Å². The molecule has 0 bridgehead atoms. The van der Waals surface area contributed by atoms with Gasteiger partial charge in [0.05, 0.1) is 0 Å². The first-order chi connectivity index (χ1) is 6.08. The number of allylic oxidation sites excluding steroid dienone is 1. The second-order valence-electron chi connectivity index (χ2n) is 3.93. The lowest BCUT2D eigenvalue weighted by molar-refractivity contribution is -0.132. The molecular formula is C11H18O2. The quantitative estimate of drug-likeness (QED) is 0.726. The molecule has 0 saturated carbocycles. The van der Waals surface area contributed by atoms with Crippen molar-refractivity contribution < 1.29 is 9.90 Å². The van der Waals surface area contributed by atoms with E-state index in [2.05, 4.69) is 0 Å². The van der Waals surface area contributed by atoms with Gasteiger partial charge in [0.2, 0.25) is 0 Å². The van der Waals surface area contributed by atoms with Gasteiger partial charge in [-0.15, -0.1) is 0 Å². The van der Waals surface area contributed by atoms with Gasteiger partial charge in [-0.25, -0.2) is 0 Å². The number of hydrogen-bond acceptors (Lipinski definition) is 2. The van der Waals surface area contributed by atoms with Crippen molar-refractivity contribution in [3.63, 3.8) is 0 Å². The molecule has 1 rings (SSSR count). The molecule has 0 aromatic rings. The number of Topliss-reactive ketones (excluding diaryl/α,β-unsaturated/α-hetero) is 1.